The number of nitrogens with zero attached hydrogens (tertiary/aromatic N) is 1. The van der Waals surface area contributed by atoms with Crippen LogP contribution in [0, 0.1) is 18.6 Å². The summed E-state index contributed by atoms with van der Waals surface area (Å²) in [6.45, 7) is 3.95. The van der Waals surface area contributed by atoms with Crippen molar-refractivity contribution in [3.63, 3.8) is 0 Å². The number of rotatable bonds is 2. The molecule has 3 nitrogen and oxygen atoms in total. The van der Waals surface area contributed by atoms with Gasteiger partial charge in [0.05, 0.1) is 21.6 Å². The molecular formula is C19H16Cl2N2OS. The largest absolute Gasteiger partial charge is 0.331 e. The maximum atomic E-state index is 13.2. The number of fused-ring (bicyclic) bond motifs is 1. The third kappa shape index (κ3) is 2.82. The van der Waals surface area contributed by atoms with Gasteiger partial charge in [0.1, 0.15) is 0 Å². The predicted molar refractivity (Wildman–Crippen MR) is 106 cm³/mol. The summed E-state index contributed by atoms with van der Waals surface area (Å²) < 4.78 is 1.77. The fourth-order valence-corrected chi connectivity index (χ4v) is 4.01. The molecule has 0 amide bonds. The van der Waals surface area contributed by atoms with Crippen LogP contribution in [0.1, 0.15) is 35.4 Å². The lowest BCUT2D eigenvalue weighted by molar-refractivity contribution is 0.936. The van der Waals surface area contributed by atoms with Crippen LogP contribution in [-0.2, 0) is 0 Å². The van der Waals surface area contributed by atoms with E-state index in [4.69, 9.17) is 35.4 Å². The van der Waals surface area contributed by atoms with Gasteiger partial charge in [0.2, 0.25) is 0 Å². The van der Waals surface area contributed by atoms with E-state index in [1.54, 1.807) is 12.1 Å². The molecule has 1 aliphatic carbocycles. The Morgan fingerprint density at radius 3 is 2.48 bits per heavy atom. The number of hydrogen-bond donors (Lipinski definition) is 1. The molecule has 128 valence electrons. The third-order valence-electron chi connectivity index (χ3n) is 4.77. The Hall–Kier alpha value is -1.62. The van der Waals surface area contributed by atoms with Crippen LogP contribution in [0.2, 0.25) is 10.0 Å². The highest BCUT2D eigenvalue weighted by Crippen LogP contribution is 2.42. The molecule has 25 heavy (non-hydrogen) atoms. The second-order valence-corrected chi connectivity index (χ2v) is 7.85. The van der Waals surface area contributed by atoms with E-state index in [9.17, 15) is 4.79 Å². The number of hydrogen-bond acceptors (Lipinski definition) is 2. The molecule has 6 heteroatoms. The van der Waals surface area contributed by atoms with Gasteiger partial charge in [-0.15, -0.1) is 0 Å². The smallest absolute Gasteiger partial charge is 0.266 e. The molecule has 0 aliphatic heterocycles. The van der Waals surface area contributed by atoms with E-state index < -0.39 is 0 Å². The van der Waals surface area contributed by atoms with Gasteiger partial charge in [-0.3, -0.25) is 9.36 Å². The molecule has 0 saturated heterocycles. The minimum absolute atomic E-state index is 0.163. The number of H-pyrrole nitrogens is 1. The average Bonchev–Trinajstić information content (AvgIpc) is 3.36. The number of aromatic nitrogens is 2. The van der Waals surface area contributed by atoms with Crippen LogP contribution >= 0.6 is 35.4 Å². The SMILES string of the molecule is Cc1cc(-n2c(=S)[nH]c3cc(C)c(C4CC4)cc3c2=O)c(Cl)cc1Cl. The first-order valence-electron chi connectivity index (χ1n) is 8.12. The second kappa shape index (κ2) is 5.97. The molecule has 0 spiro atoms. The lowest BCUT2D eigenvalue weighted by Crippen LogP contribution is -2.21. The molecule has 0 unspecified atom stereocenters. The van der Waals surface area contributed by atoms with Crippen LogP contribution in [-0.4, -0.2) is 9.55 Å². The Balaban J connectivity index is 2.05. The zero-order valence-corrected chi connectivity index (χ0v) is 16.1. The van der Waals surface area contributed by atoms with Crippen LogP contribution in [0.3, 0.4) is 0 Å². The number of halogens is 2. The van der Waals surface area contributed by atoms with Crippen LogP contribution in [0.25, 0.3) is 16.6 Å². The fourth-order valence-electron chi connectivity index (χ4n) is 3.26. The first-order valence-corrected chi connectivity index (χ1v) is 9.29. The Bertz CT molecular complexity index is 1140. The molecule has 2 aromatic carbocycles. The van der Waals surface area contributed by atoms with Gasteiger partial charge in [-0.1, -0.05) is 23.2 Å². The fraction of sp³-hybridized carbons (Fsp3) is 0.263. The number of nitrogens with one attached hydrogen (secondary N) is 1. The zero-order valence-electron chi connectivity index (χ0n) is 13.8. The van der Waals surface area contributed by atoms with Gasteiger partial charge < -0.3 is 4.98 Å². The van der Waals surface area contributed by atoms with Crippen molar-refractivity contribution in [2.75, 3.05) is 0 Å². The standard InChI is InChI=1S/C19H16Cl2N2OS/c1-9-5-16-13(7-12(9)11-3-4-11)18(24)23(19(25)22-16)17-6-10(2)14(20)8-15(17)21/h5-8,11H,3-4H2,1-2H3,(H,22,25). The van der Waals surface area contributed by atoms with Gasteiger partial charge in [-0.2, -0.15) is 0 Å². The normalized spacial score (nSPS) is 14.2. The maximum Gasteiger partial charge on any atom is 0.266 e. The minimum Gasteiger partial charge on any atom is -0.331 e. The molecular weight excluding hydrogens is 375 g/mol. The van der Waals surface area contributed by atoms with E-state index in [-0.39, 0.29) is 5.56 Å². The lowest BCUT2D eigenvalue weighted by atomic mass is 10.0. The summed E-state index contributed by atoms with van der Waals surface area (Å²) in [5, 5.41) is 1.58. The van der Waals surface area contributed by atoms with Crippen molar-refractivity contribution < 1.29 is 0 Å². The van der Waals surface area contributed by atoms with Crippen LogP contribution in [0.5, 0.6) is 0 Å². The molecule has 1 aromatic heterocycles. The molecule has 3 aromatic rings. The highest BCUT2D eigenvalue weighted by molar-refractivity contribution is 7.71. The van der Waals surface area contributed by atoms with E-state index >= 15 is 0 Å². The maximum absolute atomic E-state index is 13.2. The van der Waals surface area contributed by atoms with Crippen LogP contribution in [0.4, 0.5) is 0 Å². The number of benzene rings is 2. The summed E-state index contributed by atoms with van der Waals surface area (Å²) in [5.74, 6) is 0.571. The van der Waals surface area contributed by atoms with Crippen molar-refractivity contribution in [2.45, 2.75) is 32.6 Å². The molecule has 1 aliphatic rings. The third-order valence-corrected chi connectivity index (χ3v) is 5.77. The van der Waals surface area contributed by atoms with Gasteiger partial charge in [-0.05, 0) is 85.8 Å². The van der Waals surface area contributed by atoms with E-state index in [1.165, 1.54) is 28.5 Å². The monoisotopic (exact) mass is 390 g/mol. The second-order valence-electron chi connectivity index (χ2n) is 6.65. The van der Waals surface area contributed by atoms with Gasteiger partial charge in [0.25, 0.3) is 5.56 Å². The van der Waals surface area contributed by atoms with Crippen LogP contribution < -0.4 is 5.56 Å². The van der Waals surface area contributed by atoms with Gasteiger partial charge >= 0.3 is 0 Å². The summed E-state index contributed by atoms with van der Waals surface area (Å²) in [5.41, 5.74) is 4.42. The molecule has 1 fully saturated rings. The first-order chi connectivity index (χ1) is 11.9. The molecule has 1 N–H and O–H groups in total. The number of aromatic amines is 1. The molecule has 0 bridgehead atoms. The predicted octanol–water partition coefficient (Wildman–Crippen LogP) is 5.85. The van der Waals surface area contributed by atoms with E-state index in [0.717, 1.165) is 11.1 Å². The summed E-state index contributed by atoms with van der Waals surface area (Å²) >= 11 is 17.9. The Labute approximate surface area is 160 Å². The van der Waals surface area contributed by atoms with Crippen molar-refractivity contribution in [2.24, 2.45) is 0 Å². The van der Waals surface area contributed by atoms with E-state index in [0.29, 0.717) is 31.8 Å². The molecule has 1 saturated carbocycles. The summed E-state index contributed by atoms with van der Waals surface area (Å²) in [7, 11) is 0. The van der Waals surface area contributed by atoms with E-state index in [2.05, 4.69) is 11.9 Å². The highest BCUT2D eigenvalue weighted by atomic mass is 35.5. The lowest BCUT2D eigenvalue weighted by Gasteiger charge is -2.13. The Kier molecular flexibility index (Phi) is 4.02. The molecule has 0 radical (unpaired) electrons. The summed E-state index contributed by atoms with van der Waals surface area (Å²) in [6, 6.07) is 7.45. The van der Waals surface area contributed by atoms with Crippen LogP contribution in [0.15, 0.2) is 29.1 Å². The van der Waals surface area contributed by atoms with Crippen molar-refractivity contribution in [3.8, 4) is 5.69 Å². The van der Waals surface area contributed by atoms with Crippen molar-refractivity contribution in [1.82, 2.24) is 9.55 Å². The quantitative estimate of drug-likeness (QED) is 0.557. The Morgan fingerprint density at radius 2 is 1.80 bits per heavy atom. The van der Waals surface area contributed by atoms with Gasteiger partial charge in [0.15, 0.2) is 4.77 Å². The summed E-state index contributed by atoms with van der Waals surface area (Å²) in [4.78, 5) is 16.4. The average molecular weight is 391 g/mol. The van der Waals surface area contributed by atoms with Crippen molar-refractivity contribution >= 4 is 46.3 Å². The molecule has 4 rings (SSSR count). The number of aryl methyl sites for hydroxylation is 2. The molecule has 1 heterocycles. The van der Waals surface area contributed by atoms with Gasteiger partial charge in [0, 0.05) is 5.02 Å². The minimum atomic E-state index is -0.163. The first kappa shape index (κ1) is 16.8. The highest BCUT2D eigenvalue weighted by Gasteiger charge is 2.26. The summed E-state index contributed by atoms with van der Waals surface area (Å²) in [6.07, 6.45) is 2.37. The van der Waals surface area contributed by atoms with Crippen molar-refractivity contribution in [1.29, 1.82) is 0 Å². The van der Waals surface area contributed by atoms with E-state index in [1.807, 2.05) is 19.1 Å². The topological polar surface area (TPSA) is 37.8 Å². The zero-order chi connectivity index (χ0) is 17.9. The van der Waals surface area contributed by atoms with Gasteiger partial charge in [-0.25, -0.2) is 0 Å². The Morgan fingerprint density at radius 1 is 1.08 bits per heavy atom. The van der Waals surface area contributed by atoms with Crippen molar-refractivity contribution in [3.05, 3.63) is 66.1 Å². The molecule has 0 atom stereocenters.